The second kappa shape index (κ2) is 9.52. The highest BCUT2D eigenvalue weighted by Gasteiger charge is 2.04. The molecule has 0 saturated carbocycles. The molecule has 0 amide bonds. The second-order valence-electron chi connectivity index (χ2n) is 6.07. The molecule has 0 spiro atoms. The van der Waals surface area contributed by atoms with Gasteiger partial charge < -0.3 is 15.6 Å². The molecule has 0 aliphatic heterocycles. The van der Waals surface area contributed by atoms with E-state index in [4.69, 9.17) is 0 Å². The van der Waals surface area contributed by atoms with Crippen molar-refractivity contribution in [2.75, 3.05) is 13.1 Å². The minimum Gasteiger partial charge on any atom is -0.357 e. The van der Waals surface area contributed by atoms with Crippen molar-refractivity contribution in [2.24, 2.45) is 4.99 Å². The molecule has 0 atom stereocenters. The molecule has 3 rings (SSSR count). The van der Waals surface area contributed by atoms with Gasteiger partial charge in [0, 0.05) is 13.1 Å². The third-order valence-electron chi connectivity index (χ3n) is 4.09. The lowest BCUT2D eigenvalue weighted by atomic mass is 10.1. The molecule has 1 aromatic heterocycles. The summed E-state index contributed by atoms with van der Waals surface area (Å²) in [5.41, 5.74) is 2.76. The van der Waals surface area contributed by atoms with Gasteiger partial charge in [-0.2, -0.15) is 0 Å². The van der Waals surface area contributed by atoms with Crippen LogP contribution in [-0.4, -0.2) is 29.0 Å². The average Bonchev–Trinajstić information content (AvgIpc) is 3.17. The summed E-state index contributed by atoms with van der Waals surface area (Å²) >= 11 is 0. The molecule has 0 saturated heterocycles. The molecule has 3 N–H and O–H groups in total. The molecule has 0 aliphatic rings. The number of hydrogen-bond donors (Lipinski definition) is 3. The van der Waals surface area contributed by atoms with Crippen molar-refractivity contribution >= 4 is 5.96 Å². The number of halogens is 1. The van der Waals surface area contributed by atoms with Gasteiger partial charge in [-0.3, -0.25) is 0 Å². The van der Waals surface area contributed by atoms with Crippen LogP contribution in [0.15, 0.2) is 65.8 Å². The lowest BCUT2D eigenvalue weighted by Crippen LogP contribution is -2.38. The predicted octanol–water partition coefficient (Wildman–Crippen LogP) is 3.51. The Kier molecular flexibility index (Phi) is 6.57. The summed E-state index contributed by atoms with van der Waals surface area (Å²) in [5.74, 6) is 1.30. The van der Waals surface area contributed by atoms with E-state index in [0.29, 0.717) is 31.0 Å². The maximum Gasteiger partial charge on any atom is 0.191 e. The van der Waals surface area contributed by atoms with Crippen LogP contribution in [0, 0.1) is 5.82 Å². The molecule has 0 radical (unpaired) electrons. The summed E-state index contributed by atoms with van der Waals surface area (Å²) in [6.45, 7) is 3.79. The normalized spacial score (nSPS) is 11.4. The smallest absolute Gasteiger partial charge is 0.191 e. The van der Waals surface area contributed by atoms with E-state index in [-0.39, 0.29) is 5.82 Å². The van der Waals surface area contributed by atoms with E-state index in [1.165, 1.54) is 6.07 Å². The number of hydrogen-bond acceptors (Lipinski definition) is 2. The molecular weight excluding hydrogens is 341 g/mol. The lowest BCUT2D eigenvalue weighted by molar-refractivity contribution is 0.606. The first-order valence-electron chi connectivity index (χ1n) is 9.11. The molecule has 3 aromatic rings. The van der Waals surface area contributed by atoms with Crippen molar-refractivity contribution < 1.29 is 4.39 Å². The zero-order valence-electron chi connectivity index (χ0n) is 15.4. The maximum atomic E-state index is 13.7. The Morgan fingerprint density at radius 1 is 1.07 bits per heavy atom. The lowest BCUT2D eigenvalue weighted by Gasteiger charge is -2.11. The molecule has 5 nitrogen and oxygen atoms in total. The van der Waals surface area contributed by atoms with Gasteiger partial charge in [0.05, 0.1) is 11.9 Å². The highest BCUT2D eigenvalue weighted by atomic mass is 19.1. The highest BCUT2D eigenvalue weighted by molar-refractivity contribution is 5.79. The monoisotopic (exact) mass is 365 g/mol. The van der Waals surface area contributed by atoms with Crippen LogP contribution in [0.4, 0.5) is 4.39 Å². The van der Waals surface area contributed by atoms with Gasteiger partial charge in [-0.15, -0.1) is 0 Å². The van der Waals surface area contributed by atoms with Gasteiger partial charge in [0.25, 0.3) is 0 Å². The number of imidazole rings is 1. The number of nitrogens with one attached hydrogen (secondary N) is 3. The predicted molar refractivity (Wildman–Crippen MR) is 107 cm³/mol. The molecular formula is C21H24FN5. The average molecular weight is 365 g/mol. The van der Waals surface area contributed by atoms with Crippen LogP contribution in [0.5, 0.6) is 0 Å². The Labute approximate surface area is 158 Å². The summed E-state index contributed by atoms with van der Waals surface area (Å²) < 4.78 is 13.7. The summed E-state index contributed by atoms with van der Waals surface area (Å²) in [7, 11) is 0. The van der Waals surface area contributed by atoms with Crippen molar-refractivity contribution in [3.63, 3.8) is 0 Å². The number of aromatic amines is 1. The first-order chi connectivity index (χ1) is 13.3. The van der Waals surface area contributed by atoms with Crippen LogP contribution in [0.1, 0.15) is 18.3 Å². The fraction of sp³-hybridized carbons (Fsp3) is 0.238. The van der Waals surface area contributed by atoms with E-state index in [1.807, 2.05) is 49.5 Å². The Bertz CT molecular complexity index is 873. The van der Waals surface area contributed by atoms with E-state index >= 15 is 0 Å². The molecule has 140 valence electrons. The number of aromatic nitrogens is 2. The molecule has 1 heterocycles. The Hall–Kier alpha value is -3.15. The quantitative estimate of drug-likeness (QED) is 0.443. The van der Waals surface area contributed by atoms with Gasteiger partial charge in [0.15, 0.2) is 5.96 Å². The van der Waals surface area contributed by atoms with Crippen molar-refractivity contribution in [2.45, 2.75) is 19.9 Å². The fourth-order valence-corrected chi connectivity index (χ4v) is 2.72. The molecule has 27 heavy (non-hydrogen) atoms. The highest BCUT2D eigenvalue weighted by Crippen LogP contribution is 2.16. The molecule has 0 fully saturated rings. The van der Waals surface area contributed by atoms with Crippen LogP contribution in [0.2, 0.25) is 0 Å². The second-order valence-corrected chi connectivity index (χ2v) is 6.07. The number of guanidine groups is 1. The molecule has 2 aromatic carbocycles. The van der Waals surface area contributed by atoms with Crippen LogP contribution < -0.4 is 10.6 Å². The first-order valence-corrected chi connectivity index (χ1v) is 9.11. The number of aliphatic imine (C=N–C) groups is 1. The van der Waals surface area contributed by atoms with Crippen molar-refractivity contribution in [3.05, 3.63) is 78.0 Å². The molecule has 6 heteroatoms. The summed E-state index contributed by atoms with van der Waals surface area (Å²) in [6.07, 6.45) is 2.41. The van der Waals surface area contributed by atoms with Gasteiger partial charge in [-0.1, -0.05) is 48.5 Å². The SMILES string of the molecule is CCNC(=NCc1ncc(-c2ccccc2)[nH]1)NCCc1ccccc1F. The third-order valence-corrected chi connectivity index (χ3v) is 4.09. The number of rotatable bonds is 7. The topological polar surface area (TPSA) is 65.1 Å². The van der Waals surface area contributed by atoms with Crippen LogP contribution in [0.3, 0.4) is 0 Å². The number of H-pyrrole nitrogens is 1. The van der Waals surface area contributed by atoms with Gasteiger partial charge in [0.2, 0.25) is 0 Å². The van der Waals surface area contributed by atoms with Crippen molar-refractivity contribution in [1.29, 1.82) is 0 Å². The van der Waals surface area contributed by atoms with Crippen molar-refractivity contribution in [3.8, 4) is 11.3 Å². The minimum absolute atomic E-state index is 0.176. The zero-order valence-corrected chi connectivity index (χ0v) is 15.4. The Morgan fingerprint density at radius 3 is 2.63 bits per heavy atom. The number of nitrogens with zero attached hydrogens (tertiary/aromatic N) is 2. The number of benzene rings is 2. The minimum atomic E-state index is -0.176. The van der Waals surface area contributed by atoms with Gasteiger partial charge in [0.1, 0.15) is 18.2 Å². The van der Waals surface area contributed by atoms with E-state index in [1.54, 1.807) is 12.1 Å². The summed E-state index contributed by atoms with van der Waals surface area (Å²) in [5, 5.41) is 6.43. The van der Waals surface area contributed by atoms with Crippen LogP contribution in [0.25, 0.3) is 11.3 Å². The summed E-state index contributed by atoms with van der Waals surface area (Å²) in [4.78, 5) is 12.2. The fourth-order valence-electron chi connectivity index (χ4n) is 2.72. The zero-order chi connectivity index (χ0) is 18.9. The Morgan fingerprint density at radius 2 is 1.85 bits per heavy atom. The van der Waals surface area contributed by atoms with E-state index in [0.717, 1.165) is 23.6 Å². The largest absolute Gasteiger partial charge is 0.357 e. The molecule has 0 bridgehead atoms. The van der Waals surface area contributed by atoms with Gasteiger partial charge >= 0.3 is 0 Å². The third kappa shape index (κ3) is 5.41. The Balaban J connectivity index is 1.57. The van der Waals surface area contributed by atoms with E-state index in [9.17, 15) is 4.39 Å². The van der Waals surface area contributed by atoms with Gasteiger partial charge in [-0.05, 0) is 30.5 Å². The molecule has 0 unspecified atom stereocenters. The van der Waals surface area contributed by atoms with E-state index < -0.39 is 0 Å². The van der Waals surface area contributed by atoms with Gasteiger partial charge in [-0.25, -0.2) is 14.4 Å². The standard InChI is InChI=1S/C21H24FN5/c1-2-23-21(24-13-12-16-8-6-7-11-18(16)22)26-15-20-25-14-19(27-20)17-9-4-3-5-10-17/h3-11,14H,2,12-13,15H2,1H3,(H,25,27)(H2,23,24,26). The molecule has 0 aliphatic carbocycles. The van der Waals surface area contributed by atoms with Crippen molar-refractivity contribution in [1.82, 2.24) is 20.6 Å². The maximum absolute atomic E-state index is 13.7. The van der Waals surface area contributed by atoms with Crippen LogP contribution >= 0.6 is 0 Å². The van der Waals surface area contributed by atoms with E-state index in [2.05, 4.69) is 25.6 Å². The van der Waals surface area contributed by atoms with Crippen LogP contribution in [-0.2, 0) is 13.0 Å². The first kappa shape index (κ1) is 18.6. The summed E-state index contributed by atoms with van der Waals surface area (Å²) in [6, 6.07) is 16.9.